The molecule has 2 aromatic carbocycles. The molecule has 1 aliphatic heterocycles. The Bertz CT molecular complexity index is 1130. The number of urea groups is 1. The first kappa shape index (κ1) is 22.0. The number of non-ortho nitro benzene ring substituents is 1. The lowest BCUT2D eigenvalue weighted by molar-refractivity contribution is -0.384. The summed E-state index contributed by atoms with van der Waals surface area (Å²) in [5, 5.41) is 13.1. The molecule has 0 aliphatic carbocycles. The maximum atomic E-state index is 13.0. The first-order valence-electron chi connectivity index (χ1n) is 8.93. The molecule has 2 aromatic rings. The minimum atomic E-state index is -1.00. The predicted octanol–water partition coefficient (Wildman–Crippen LogP) is 3.43. The van der Waals surface area contributed by atoms with Crippen molar-refractivity contribution in [1.29, 1.82) is 0 Å². The molecular weight excluding hydrogens is 474 g/mol. The fourth-order valence-electron chi connectivity index (χ4n) is 2.91. The largest absolute Gasteiger partial charge is 0.493 e. The van der Waals surface area contributed by atoms with Gasteiger partial charge >= 0.3 is 6.03 Å². The molecule has 0 bridgehead atoms. The van der Waals surface area contributed by atoms with E-state index < -0.39 is 22.8 Å². The van der Waals surface area contributed by atoms with Gasteiger partial charge in [-0.15, -0.1) is 0 Å². The van der Waals surface area contributed by atoms with Gasteiger partial charge in [-0.3, -0.25) is 25.0 Å². The van der Waals surface area contributed by atoms with Gasteiger partial charge in [0.05, 0.1) is 28.8 Å². The summed E-state index contributed by atoms with van der Waals surface area (Å²) in [6, 6.07) is 7.17. The molecular formula is C20H16BrN3O7. The molecule has 1 saturated heterocycles. The van der Waals surface area contributed by atoms with Gasteiger partial charge in [0.25, 0.3) is 17.5 Å². The fraction of sp³-hybridized carbons (Fsp3) is 0.150. The molecule has 10 nitrogen and oxygen atoms in total. The lowest BCUT2D eigenvalue weighted by atomic mass is 10.1. The van der Waals surface area contributed by atoms with Gasteiger partial charge in [0.2, 0.25) is 0 Å². The van der Waals surface area contributed by atoms with Crippen LogP contribution in [0.5, 0.6) is 11.5 Å². The topological polar surface area (TPSA) is 128 Å². The van der Waals surface area contributed by atoms with Gasteiger partial charge in [0.15, 0.2) is 11.5 Å². The van der Waals surface area contributed by atoms with Gasteiger partial charge in [0, 0.05) is 12.1 Å². The summed E-state index contributed by atoms with van der Waals surface area (Å²) in [4.78, 5) is 48.7. The second kappa shape index (κ2) is 8.96. The number of nitrogens with one attached hydrogen (secondary N) is 1. The van der Waals surface area contributed by atoms with E-state index in [1.54, 1.807) is 12.1 Å². The molecule has 0 atom stereocenters. The average Bonchev–Trinajstić information content (AvgIpc) is 2.73. The number of hydrogen-bond acceptors (Lipinski definition) is 7. The molecule has 4 amide bonds. The highest BCUT2D eigenvalue weighted by atomic mass is 79.9. The molecule has 3 rings (SSSR count). The maximum Gasteiger partial charge on any atom is 0.335 e. The number of benzene rings is 2. The quantitative estimate of drug-likeness (QED) is 0.284. The van der Waals surface area contributed by atoms with Crippen molar-refractivity contribution >= 4 is 51.2 Å². The third-order valence-corrected chi connectivity index (χ3v) is 4.84. The van der Waals surface area contributed by atoms with Crippen LogP contribution in [0.4, 0.5) is 16.2 Å². The van der Waals surface area contributed by atoms with E-state index >= 15 is 0 Å². The Morgan fingerprint density at radius 3 is 2.61 bits per heavy atom. The van der Waals surface area contributed by atoms with Crippen LogP contribution in [0.15, 0.2) is 46.4 Å². The fourth-order valence-corrected chi connectivity index (χ4v) is 3.49. The second-order valence-electron chi connectivity index (χ2n) is 6.20. The van der Waals surface area contributed by atoms with Gasteiger partial charge < -0.3 is 9.47 Å². The van der Waals surface area contributed by atoms with E-state index in [1.165, 1.54) is 31.4 Å². The van der Waals surface area contributed by atoms with Crippen LogP contribution in [0.1, 0.15) is 12.5 Å². The van der Waals surface area contributed by atoms with Crippen LogP contribution in [0.3, 0.4) is 0 Å². The SMILES string of the molecule is CCOc1c(Br)cc(/C=C2\C(=O)NC(=O)N(c3cccc([N+](=O)[O-])c3)C2=O)cc1OC. The standard InChI is InChI=1S/C20H16BrN3O7/c1-3-31-17-15(21)8-11(9-16(17)30-2)7-14-18(25)22-20(27)23(19(14)26)12-5-4-6-13(10-12)24(28)29/h4-10H,3H2,1-2H3,(H,22,25,27)/b14-7+. The van der Waals surface area contributed by atoms with Crippen LogP contribution in [-0.2, 0) is 9.59 Å². The van der Waals surface area contributed by atoms with Crippen molar-refractivity contribution in [2.75, 3.05) is 18.6 Å². The Hall–Kier alpha value is -3.73. The van der Waals surface area contributed by atoms with Gasteiger partial charge in [-0.2, -0.15) is 0 Å². The highest BCUT2D eigenvalue weighted by molar-refractivity contribution is 9.10. The number of anilines is 1. The van der Waals surface area contributed by atoms with Crippen molar-refractivity contribution in [3.8, 4) is 11.5 Å². The van der Waals surface area contributed by atoms with E-state index in [4.69, 9.17) is 9.47 Å². The number of hydrogen-bond donors (Lipinski definition) is 1. The van der Waals surface area contributed by atoms with Crippen LogP contribution < -0.4 is 19.7 Å². The Kier molecular flexibility index (Phi) is 6.35. The average molecular weight is 490 g/mol. The number of rotatable bonds is 6. The summed E-state index contributed by atoms with van der Waals surface area (Å²) in [7, 11) is 1.45. The smallest absolute Gasteiger partial charge is 0.335 e. The molecule has 31 heavy (non-hydrogen) atoms. The summed E-state index contributed by atoms with van der Waals surface area (Å²) in [6.07, 6.45) is 1.29. The molecule has 0 radical (unpaired) electrons. The van der Waals surface area contributed by atoms with Gasteiger partial charge in [-0.1, -0.05) is 6.07 Å². The number of barbiturate groups is 1. The minimum Gasteiger partial charge on any atom is -0.493 e. The van der Waals surface area contributed by atoms with E-state index in [0.29, 0.717) is 33.0 Å². The normalized spacial score (nSPS) is 15.1. The molecule has 0 spiro atoms. The molecule has 0 unspecified atom stereocenters. The van der Waals surface area contributed by atoms with Crippen molar-refractivity contribution < 1.29 is 28.8 Å². The molecule has 0 aromatic heterocycles. The summed E-state index contributed by atoms with van der Waals surface area (Å²) in [6.45, 7) is 2.21. The number of carbonyl (C=O) groups excluding carboxylic acids is 3. The van der Waals surface area contributed by atoms with Crippen LogP contribution >= 0.6 is 15.9 Å². The van der Waals surface area contributed by atoms with Crippen molar-refractivity contribution in [1.82, 2.24) is 5.32 Å². The number of nitro groups is 1. The number of imide groups is 2. The number of halogens is 1. The highest BCUT2D eigenvalue weighted by Crippen LogP contribution is 2.37. The maximum absolute atomic E-state index is 13.0. The first-order valence-corrected chi connectivity index (χ1v) is 9.72. The van der Waals surface area contributed by atoms with E-state index in [9.17, 15) is 24.5 Å². The first-order chi connectivity index (χ1) is 14.8. The molecule has 0 saturated carbocycles. The van der Waals surface area contributed by atoms with Gasteiger partial charge in [-0.25, -0.2) is 9.69 Å². The Morgan fingerprint density at radius 2 is 1.97 bits per heavy atom. The number of carbonyl (C=O) groups is 3. The van der Waals surface area contributed by atoms with Gasteiger partial charge in [0.1, 0.15) is 5.57 Å². The summed E-state index contributed by atoms with van der Waals surface area (Å²) in [5.41, 5.74) is -0.246. The number of amides is 4. The number of nitrogens with zero attached hydrogens (tertiary/aromatic N) is 2. The number of nitro benzene ring substituents is 1. The van der Waals surface area contributed by atoms with Crippen molar-refractivity contribution in [2.45, 2.75) is 6.92 Å². The van der Waals surface area contributed by atoms with E-state index in [-0.39, 0.29) is 16.9 Å². The number of methoxy groups -OCH3 is 1. The van der Waals surface area contributed by atoms with Crippen LogP contribution in [0.25, 0.3) is 6.08 Å². The third kappa shape index (κ3) is 4.40. The van der Waals surface area contributed by atoms with E-state index in [0.717, 1.165) is 6.07 Å². The highest BCUT2D eigenvalue weighted by Gasteiger charge is 2.37. The molecule has 1 N–H and O–H groups in total. The summed E-state index contributed by atoms with van der Waals surface area (Å²) < 4.78 is 11.4. The zero-order chi connectivity index (χ0) is 22.7. The Morgan fingerprint density at radius 1 is 1.23 bits per heavy atom. The van der Waals surface area contributed by atoms with Gasteiger partial charge in [-0.05, 0) is 52.7 Å². The lowest BCUT2D eigenvalue weighted by Crippen LogP contribution is -2.54. The monoisotopic (exact) mass is 489 g/mol. The summed E-state index contributed by atoms with van der Waals surface area (Å²) >= 11 is 3.37. The van der Waals surface area contributed by atoms with Crippen molar-refractivity contribution in [2.24, 2.45) is 0 Å². The Balaban J connectivity index is 2.04. The Labute approximate surface area is 184 Å². The number of ether oxygens (including phenoxy) is 2. The van der Waals surface area contributed by atoms with Crippen LogP contribution in [0, 0.1) is 10.1 Å². The third-order valence-electron chi connectivity index (χ3n) is 4.25. The predicted molar refractivity (Wildman–Crippen MR) is 114 cm³/mol. The zero-order valence-electron chi connectivity index (χ0n) is 16.4. The molecule has 1 heterocycles. The zero-order valence-corrected chi connectivity index (χ0v) is 18.0. The lowest BCUT2D eigenvalue weighted by Gasteiger charge is -2.26. The van der Waals surface area contributed by atoms with Crippen molar-refractivity contribution in [3.63, 3.8) is 0 Å². The van der Waals surface area contributed by atoms with E-state index in [2.05, 4.69) is 21.2 Å². The minimum absolute atomic E-state index is 0.0412. The molecule has 1 aliphatic rings. The van der Waals surface area contributed by atoms with Crippen molar-refractivity contribution in [3.05, 3.63) is 62.1 Å². The second-order valence-corrected chi connectivity index (χ2v) is 7.06. The molecule has 1 fully saturated rings. The van der Waals surface area contributed by atoms with Crippen LogP contribution in [-0.4, -0.2) is 36.5 Å². The summed E-state index contributed by atoms with van der Waals surface area (Å²) in [5.74, 6) is -0.975. The van der Waals surface area contributed by atoms with E-state index in [1.807, 2.05) is 6.92 Å². The van der Waals surface area contributed by atoms with Crippen LogP contribution in [0.2, 0.25) is 0 Å². The molecule has 11 heteroatoms. The molecule has 160 valence electrons.